The minimum Gasteiger partial charge on any atom is -0.356 e. The summed E-state index contributed by atoms with van der Waals surface area (Å²) < 4.78 is 2.36. The van der Waals surface area contributed by atoms with E-state index in [9.17, 15) is 0 Å². The molecule has 9 aromatic rings. The first-order valence-corrected chi connectivity index (χ1v) is 17.5. The number of rotatable bonds is 8. The summed E-state index contributed by atoms with van der Waals surface area (Å²) in [7, 11) is 0. The third-order valence-electron chi connectivity index (χ3n) is 10.1. The molecule has 0 aliphatic heterocycles. The highest BCUT2D eigenvalue weighted by Crippen LogP contribution is 2.45. The van der Waals surface area contributed by atoms with Crippen molar-refractivity contribution in [3.05, 3.63) is 235 Å². The summed E-state index contributed by atoms with van der Waals surface area (Å²) in [4.78, 5) is 0. The Morgan fingerprint density at radius 1 is 0.333 bits per heavy atom. The minimum absolute atomic E-state index is 0.460. The predicted octanol–water partition coefficient (Wildman–Crippen LogP) is 12.6. The molecule has 2 nitrogen and oxygen atoms in total. The van der Waals surface area contributed by atoms with Crippen molar-refractivity contribution in [1.29, 1.82) is 0 Å². The molecule has 51 heavy (non-hydrogen) atoms. The predicted molar refractivity (Wildman–Crippen MR) is 214 cm³/mol. The summed E-state index contributed by atoms with van der Waals surface area (Å²) in [6.07, 6.45) is 0. The average Bonchev–Trinajstić information content (AvgIpc) is 3.54. The highest BCUT2D eigenvalue weighted by molar-refractivity contribution is 6.10. The van der Waals surface area contributed by atoms with Gasteiger partial charge in [-0.05, 0) is 88.0 Å². The van der Waals surface area contributed by atoms with Gasteiger partial charge in [0.15, 0.2) is 0 Å². The molecule has 0 spiro atoms. The van der Waals surface area contributed by atoms with E-state index in [2.05, 4.69) is 222 Å². The monoisotopic (exact) mass is 652 g/mol. The van der Waals surface area contributed by atoms with Gasteiger partial charge in [-0.2, -0.15) is 0 Å². The zero-order chi connectivity index (χ0) is 34.0. The number of nitrogens with one attached hydrogen (secondary N) is 1. The highest BCUT2D eigenvalue weighted by atomic mass is 15.0. The van der Waals surface area contributed by atoms with Crippen LogP contribution in [0.4, 0.5) is 11.4 Å². The topological polar surface area (TPSA) is 17.0 Å². The molecule has 0 aliphatic carbocycles. The number of anilines is 2. The van der Waals surface area contributed by atoms with Gasteiger partial charge in [0.25, 0.3) is 0 Å². The van der Waals surface area contributed by atoms with Crippen molar-refractivity contribution in [1.82, 2.24) is 4.57 Å². The van der Waals surface area contributed by atoms with Crippen LogP contribution in [0.25, 0.3) is 38.6 Å². The number of para-hydroxylation sites is 2. The van der Waals surface area contributed by atoms with Crippen LogP contribution in [0.2, 0.25) is 0 Å². The number of hydrogen-bond acceptors (Lipinski definition) is 1. The number of nitrogens with zero attached hydrogens (tertiary/aromatic N) is 1. The van der Waals surface area contributed by atoms with E-state index in [4.69, 9.17) is 0 Å². The van der Waals surface area contributed by atoms with Crippen LogP contribution < -0.4 is 5.32 Å². The fraction of sp³-hybridized carbons (Fsp3) is 0.0204. The van der Waals surface area contributed by atoms with Gasteiger partial charge in [0.1, 0.15) is 0 Å². The van der Waals surface area contributed by atoms with E-state index in [1.54, 1.807) is 0 Å². The smallest absolute Gasteiger partial charge is 0.0701 e. The van der Waals surface area contributed by atoms with Crippen molar-refractivity contribution in [2.75, 3.05) is 5.32 Å². The standard InChI is InChI=1S/C49H36N2/c1-5-15-38(16-6-1)49(39-17-7-2-8-18-39,40-19-9-3-10-20-40)41-28-32-43(33-29-41)50-42-30-25-36(26-31-42)37-27-34-48-46(35-37)45-23-13-14-24-47(45)51(48)44-21-11-4-12-22-44/h1-35,50H. The van der Waals surface area contributed by atoms with Gasteiger partial charge in [-0.15, -0.1) is 0 Å². The first kappa shape index (κ1) is 30.4. The van der Waals surface area contributed by atoms with Crippen LogP contribution in [-0.4, -0.2) is 4.57 Å². The molecular formula is C49H36N2. The lowest BCUT2D eigenvalue weighted by Crippen LogP contribution is -2.30. The third kappa shape index (κ3) is 5.39. The van der Waals surface area contributed by atoms with E-state index in [0.717, 1.165) is 11.4 Å². The maximum Gasteiger partial charge on any atom is 0.0701 e. The van der Waals surface area contributed by atoms with Crippen LogP contribution in [0.15, 0.2) is 212 Å². The summed E-state index contributed by atoms with van der Waals surface area (Å²) >= 11 is 0. The first-order chi connectivity index (χ1) is 25.3. The van der Waals surface area contributed by atoms with Gasteiger partial charge in [0.05, 0.1) is 16.4 Å². The molecule has 2 heteroatoms. The summed E-state index contributed by atoms with van der Waals surface area (Å²) in [5, 5.41) is 6.17. The Kier molecular flexibility index (Phi) is 7.75. The molecule has 1 N–H and O–H groups in total. The largest absolute Gasteiger partial charge is 0.356 e. The zero-order valence-electron chi connectivity index (χ0n) is 28.2. The lowest BCUT2D eigenvalue weighted by Gasteiger charge is -2.37. The molecule has 0 aliphatic rings. The van der Waals surface area contributed by atoms with Crippen molar-refractivity contribution in [2.45, 2.75) is 5.41 Å². The van der Waals surface area contributed by atoms with Crippen LogP contribution in [-0.2, 0) is 5.41 Å². The third-order valence-corrected chi connectivity index (χ3v) is 10.1. The molecular weight excluding hydrogens is 617 g/mol. The van der Waals surface area contributed by atoms with Crippen LogP contribution in [0, 0.1) is 0 Å². The summed E-state index contributed by atoms with van der Waals surface area (Å²) in [5.74, 6) is 0. The number of benzene rings is 8. The van der Waals surface area contributed by atoms with E-state index < -0.39 is 5.41 Å². The Hall–Kier alpha value is -6.64. The molecule has 0 atom stereocenters. The lowest BCUT2D eigenvalue weighted by molar-refractivity contribution is 0.745. The molecule has 8 aromatic carbocycles. The molecule has 0 unspecified atom stereocenters. The molecule has 1 heterocycles. The SMILES string of the molecule is c1ccc(-n2c3ccccc3c3cc(-c4ccc(Nc5ccc(C(c6ccccc6)(c6ccccc6)c6ccccc6)cc5)cc4)ccc32)cc1. The average molecular weight is 653 g/mol. The Bertz CT molecular complexity index is 2460. The molecule has 0 fully saturated rings. The minimum atomic E-state index is -0.460. The molecule has 0 bridgehead atoms. The second-order valence-corrected chi connectivity index (χ2v) is 13.0. The summed E-state index contributed by atoms with van der Waals surface area (Å²) in [5.41, 5.74) is 12.6. The lowest BCUT2D eigenvalue weighted by atomic mass is 9.65. The first-order valence-electron chi connectivity index (χ1n) is 17.5. The van der Waals surface area contributed by atoms with Crippen LogP contribution in [0.3, 0.4) is 0 Å². The van der Waals surface area contributed by atoms with E-state index in [1.165, 1.54) is 60.9 Å². The maximum atomic E-state index is 3.65. The van der Waals surface area contributed by atoms with Gasteiger partial charge in [-0.25, -0.2) is 0 Å². The molecule has 0 radical (unpaired) electrons. The Morgan fingerprint density at radius 2 is 0.765 bits per heavy atom. The van der Waals surface area contributed by atoms with Crippen LogP contribution >= 0.6 is 0 Å². The number of hydrogen-bond donors (Lipinski definition) is 1. The zero-order valence-corrected chi connectivity index (χ0v) is 28.2. The Morgan fingerprint density at radius 3 is 1.33 bits per heavy atom. The van der Waals surface area contributed by atoms with Gasteiger partial charge >= 0.3 is 0 Å². The molecule has 242 valence electrons. The molecule has 0 amide bonds. The number of fused-ring (bicyclic) bond motifs is 3. The van der Waals surface area contributed by atoms with Gasteiger partial charge in [0, 0.05) is 27.8 Å². The number of aromatic nitrogens is 1. The van der Waals surface area contributed by atoms with Crippen molar-refractivity contribution in [3.8, 4) is 16.8 Å². The van der Waals surface area contributed by atoms with Crippen LogP contribution in [0.1, 0.15) is 22.3 Å². The Balaban J connectivity index is 1.03. The van der Waals surface area contributed by atoms with Gasteiger partial charge in [-0.1, -0.05) is 158 Å². The second kappa shape index (κ2) is 13.0. The molecule has 9 rings (SSSR count). The molecule has 1 aromatic heterocycles. The van der Waals surface area contributed by atoms with Crippen molar-refractivity contribution in [2.24, 2.45) is 0 Å². The van der Waals surface area contributed by atoms with E-state index >= 15 is 0 Å². The molecule has 0 saturated carbocycles. The summed E-state index contributed by atoms with van der Waals surface area (Å²) in [6, 6.07) is 76.3. The van der Waals surface area contributed by atoms with E-state index in [0.29, 0.717) is 0 Å². The van der Waals surface area contributed by atoms with E-state index in [1.807, 2.05) is 0 Å². The highest BCUT2D eigenvalue weighted by Gasteiger charge is 2.38. The Labute approximate surface area is 298 Å². The fourth-order valence-electron chi connectivity index (χ4n) is 7.79. The second-order valence-electron chi connectivity index (χ2n) is 13.0. The van der Waals surface area contributed by atoms with Gasteiger partial charge < -0.3 is 9.88 Å². The van der Waals surface area contributed by atoms with Crippen molar-refractivity contribution >= 4 is 33.2 Å². The van der Waals surface area contributed by atoms with Crippen LogP contribution in [0.5, 0.6) is 0 Å². The van der Waals surface area contributed by atoms with Crippen molar-refractivity contribution < 1.29 is 0 Å². The van der Waals surface area contributed by atoms with Crippen molar-refractivity contribution in [3.63, 3.8) is 0 Å². The molecule has 0 saturated heterocycles. The van der Waals surface area contributed by atoms with E-state index in [-0.39, 0.29) is 0 Å². The van der Waals surface area contributed by atoms with Gasteiger partial charge in [-0.3, -0.25) is 0 Å². The quantitative estimate of drug-likeness (QED) is 0.162. The summed E-state index contributed by atoms with van der Waals surface area (Å²) in [6.45, 7) is 0. The van der Waals surface area contributed by atoms with Gasteiger partial charge in [0.2, 0.25) is 0 Å². The normalized spacial score (nSPS) is 11.5. The maximum absolute atomic E-state index is 3.65. The fourth-order valence-corrected chi connectivity index (χ4v) is 7.79.